The monoisotopic (exact) mass is 126 g/mol. The van der Waals surface area contributed by atoms with Crippen LogP contribution in [0.3, 0.4) is 0 Å². The lowest BCUT2D eigenvalue weighted by Crippen LogP contribution is -1.87. The largest absolute Gasteiger partial charge is 0.504 e. The maximum absolute atomic E-state index is 8.88. The average Bonchev–Trinajstić information content (AvgIpc) is 1.87. The Morgan fingerprint density at radius 2 is 2.22 bits per heavy atom. The number of hydrogen-bond acceptors (Lipinski definition) is 2. The minimum atomic E-state index is 0.00694. The van der Waals surface area contributed by atoms with Crippen LogP contribution in [-0.2, 0) is 4.74 Å². The first kappa shape index (κ1) is 7.82. The van der Waals surface area contributed by atoms with E-state index in [0.29, 0.717) is 0 Å². The summed E-state index contributed by atoms with van der Waals surface area (Å²) >= 11 is 0. The zero-order valence-electron chi connectivity index (χ0n) is 5.42. The molecule has 0 aliphatic carbocycles. The van der Waals surface area contributed by atoms with Crippen molar-refractivity contribution >= 4 is 0 Å². The predicted octanol–water partition coefficient (Wildman–Crippen LogP) is 1.77. The molecule has 2 heteroatoms. The SMILES string of the molecule is C=C/C=C(/O)C(=C)OC. The molecule has 0 aliphatic rings. The number of hydrogen-bond donors (Lipinski definition) is 1. The zero-order chi connectivity index (χ0) is 7.28. The van der Waals surface area contributed by atoms with Gasteiger partial charge in [-0.05, 0) is 6.08 Å². The van der Waals surface area contributed by atoms with E-state index in [-0.39, 0.29) is 11.5 Å². The lowest BCUT2D eigenvalue weighted by Gasteiger charge is -1.99. The summed E-state index contributed by atoms with van der Waals surface area (Å²) in [6.45, 7) is 6.79. The van der Waals surface area contributed by atoms with Gasteiger partial charge in [0.1, 0.15) is 0 Å². The summed E-state index contributed by atoms with van der Waals surface area (Å²) in [4.78, 5) is 0. The minimum Gasteiger partial charge on any atom is -0.504 e. The summed E-state index contributed by atoms with van der Waals surface area (Å²) in [6.07, 6.45) is 2.87. The lowest BCUT2D eigenvalue weighted by molar-refractivity contribution is 0.258. The quantitative estimate of drug-likeness (QED) is 0.461. The molecule has 0 aromatic heterocycles. The average molecular weight is 126 g/mol. The molecule has 0 rings (SSSR count). The van der Waals surface area contributed by atoms with Gasteiger partial charge >= 0.3 is 0 Å². The van der Waals surface area contributed by atoms with Gasteiger partial charge in [0.15, 0.2) is 11.5 Å². The van der Waals surface area contributed by atoms with Crippen LogP contribution in [0.15, 0.2) is 36.8 Å². The lowest BCUT2D eigenvalue weighted by atomic mass is 10.4. The van der Waals surface area contributed by atoms with Gasteiger partial charge in [0.2, 0.25) is 0 Å². The molecule has 2 nitrogen and oxygen atoms in total. The van der Waals surface area contributed by atoms with Crippen molar-refractivity contribution in [3.05, 3.63) is 36.8 Å². The van der Waals surface area contributed by atoms with E-state index in [1.807, 2.05) is 0 Å². The van der Waals surface area contributed by atoms with E-state index in [1.54, 1.807) is 0 Å². The van der Waals surface area contributed by atoms with Crippen LogP contribution in [-0.4, -0.2) is 12.2 Å². The Morgan fingerprint density at radius 3 is 2.56 bits per heavy atom. The van der Waals surface area contributed by atoms with Crippen LogP contribution in [0.2, 0.25) is 0 Å². The first-order valence-corrected chi connectivity index (χ1v) is 2.47. The molecule has 0 bridgehead atoms. The molecule has 50 valence electrons. The van der Waals surface area contributed by atoms with Crippen LogP contribution >= 0.6 is 0 Å². The third-order valence-corrected chi connectivity index (χ3v) is 0.808. The maximum atomic E-state index is 8.88. The van der Waals surface area contributed by atoms with E-state index in [4.69, 9.17) is 5.11 Å². The normalized spacial score (nSPS) is 10.6. The molecule has 0 saturated heterocycles. The first-order valence-electron chi connectivity index (χ1n) is 2.47. The van der Waals surface area contributed by atoms with Crippen molar-refractivity contribution < 1.29 is 9.84 Å². The van der Waals surface area contributed by atoms with Gasteiger partial charge in [-0.1, -0.05) is 19.2 Å². The Kier molecular flexibility index (Phi) is 3.28. The van der Waals surface area contributed by atoms with Crippen LogP contribution in [0.5, 0.6) is 0 Å². The Balaban J connectivity index is 4.01. The predicted molar refractivity (Wildman–Crippen MR) is 37.1 cm³/mol. The number of ether oxygens (including phenoxy) is 1. The maximum Gasteiger partial charge on any atom is 0.156 e. The number of aliphatic hydroxyl groups excluding tert-OH is 1. The van der Waals surface area contributed by atoms with Crippen molar-refractivity contribution in [2.45, 2.75) is 0 Å². The highest BCUT2D eigenvalue weighted by Crippen LogP contribution is 2.02. The highest BCUT2D eigenvalue weighted by molar-refractivity contribution is 5.19. The summed E-state index contributed by atoms with van der Waals surface area (Å²) < 4.78 is 4.60. The van der Waals surface area contributed by atoms with Gasteiger partial charge in [0, 0.05) is 0 Å². The van der Waals surface area contributed by atoms with Crippen LogP contribution in [0, 0.1) is 0 Å². The van der Waals surface area contributed by atoms with Crippen LogP contribution in [0.4, 0.5) is 0 Å². The van der Waals surface area contributed by atoms with E-state index < -0.39 is 0 Å². The molecule has 0 fully saturated rings. The van der Waals surface area contributed by atoms with Crippen molar-refractivity contribution in [1.82, 2.24) is 0 Å². The fourth-order valence-corrected chi connectivity index (χ4v) is 0.309. The molecular formula is C7H10O2. The summed E-state index contributed by atoms with van der Waals surface area (Å²) in [7, 11) is 1.44. The van der Waals surface area contributed by atoms with E-state index in [9.17, 15) is 0 Å². The van der Waals surface area contributed by atoms with Gasteiger partial charge in [-0.2, -0.15) is 0 Å². The minimum absolute atomic E-state index is 0.00694. The third-order valence-electron chi connectivity index (χ3n) is 0.808. The van der Waals surface area contributed by atoms with Crippen LogP contribution in [0.1, 0.15) is 0 Å². The molecule has 0 aliphatic heterocycles. The molecule has 0 unspecified atom stereocenters. The van der Waals surface area contributed by atoms with Gasteiger partial charge in [0.25, 0.3) is 0 Å². The first-order chi connectivity index (χ1) is 4.22. The number of methoxy groups -OCH3 is 1. The van der Waals surface area contributed by atoms with E-state index in [2.05, 4.69) is 17.9 Å². The zero-order valence-corrected chi connectivity index (χ0v) is 5.42. The molecule has 0 atom stereocenters. The number of rotatable bonds is 3. The third kappa shape index (κ3) is 2.59. The Hall–Kier alpha value is -1.18. The van der Waals surface area contributed by atoms with Gasteiger partial charge in [-0.25, -0.2) is 0 Å². The fourth-order valence-electron chi connectivity index (χ4n) is 0.309. The van der Waals surface area contributed by atoms with E-state index in [0.717, 1.165) is 0 Å². The second-order valence-corrected chi connectivity index (χ2v) is 1.41. The molecule has 0 spiro atoms. The molecule has 0 saturated carbocycles. The molecule has 0 radical (unpaired) electrons. The molecule has 9 heavy (non-hydrogen) atoms. The Bertz CT molecular complexity index is 145. The standard InChI is InChI=1S/C7H10O2/c1-4-5-7(8)6(2)9-3/h4-5,8H,1-2H2,3H3/b7-5+. The van der Waals surface area contributed by atoms with Crippen LogP contribution < -0.4 is 0 Å². The van der Waals surface area contributed by atoms with Crippen molar-refractivity contribution in [2.24, 2.45) is 0 Å². The molecule has 0 amide bonds. The fraction of sp³-hybridized carbons (Fsp3) is 0.143. The summed E-state index contributed by atoms with van der Waals surface area (Å²) in [5.74, 6) is 0.252. The number of allylic oxidation sites excluding steroid dienone is 2. The van der Waals surface area contributed by atoms with Crippen molar-refractivity contribution in [1.29, 1.82) is 0 Å². The molecule has 0 heterocycles. The van der Waals surface area contributed by atoms with Gasteiger partial charge in [-0.15, -0.1) is 0 Å². The van der Waals surface area contributed by atoms with Crippen LogP contribution in [0.25, 0.3) is 0 Å². The van der Waals surface area contributed by atoms with Gasteiger partial charge < -0.3 is 9.84 Å². The molecule has 0 aromatic rings. The highest BCUT2D eigenvalue weighted by Gasteiger charge is 1.94. The van der Waals surface area contributed by atoms with Gasteiger partial charge in [-0.3, -0.25) is 0 Å². The summed E-state index contributed by atoms with van der Waals surface area (Å²) in [5.41, 5.74) is 0. The topological polar surface area (TPSA) is 29.5 Å². The Labute approximate surface area is 54.8 Å². The molecule has 0 aromatic carbocycles. The highest BCUT2D eigenvalue weighted by atomic mass is 16.5. The molecular weight excluding hydrogens is 116 g/mol. The second kappa shape index (κ2) is 3.78. The van der Waals surface area contributed by atoms with E-state index in [1.165, 1.54) is 19.3 Å². The van der Waals surface area contributed by atoms with Crippen molar-refractivity contribution in [3.8, 4) is 0 Å². The van der Waals surface area contributed by atoms with Crippen molar-refractivity contribution in [3.63, 3.8) is 0 Å². The second-order valence-electron chi connectivity index (χ2n) is 1.41. The Morgan fingerprint density at radius 1 is 1.67 bits per heavy atom. The smallest absolute Gasteiger partial charge is 0.156 e. The van der Waals surface area contributed by atoms with E-state index >= 15 is 0 Å². The van der Waals surface area contributed by atoms with Gasteiger partial charge in [0.05, 0.1) is 7.11 Å². The molecule has 1 N–H and O–H groups in total. The van der Waals surface area contributed by atoms with Crippen molar-refractivity contribution in [2.75, 3.05) is 7.11 Å². The number of aliphatic hydroxyl groups is 1. The summed E-state index contributed by atoms with van der Waals surface area (Å²) in [6, 6.07) is 0. The summed E-state index contributed by atoms with van der Waals surface area (Å²) in [5, 5.41) is 8.88.